The summed E-state index contributed by atoms with van der Waals surface area (Å²) < 4.78 is 5.21. The average molecular weight is 394 g/mol. The van der Waals surface area contributed by atoms with Crippen LogP contribution in [0.2, 0.25) is 0 Å². The second kappa shape index (κ2) is 9.50. The summed E-state index contributed by atoms with van der Waals surface area (Å²) in [6, 6.07) is 4.33. The number of benzene rings is 1. The lowest BCUT2D eigenvalue weighted by Crippen LogP contribution is -2.52. The van der Waals surface area contributed by atoms with Gasteiger partial charge in [0, 0.05) is 17.7 Å². The van der Waals surface area contributed by atoms with Crippen LogP contribution in [-0.2, 0) is 0 Å². The monoisotopic (exact) mass is 394 g/mol. The van der Waals surface area contributed by atoms with E-state index in [9.17, 15) is 14.9 Å². The van der Waals surface area contributed by atoms with Gasteiger partial charge in [0.1, 0.15) is 0 Å². The molecule has 0 heterocycles. The number of nitro benzene ring substituents is 1. The Morgan fingerprint density at radius 2 is 2.07 bits per heavy atom. The summed E-state index contributed by atoms with van der Waals surface area (Å²) in [4.78, 5) is 22.9. The fourth-order valence-corrected chi connectivity index (χ4v) is 3.46. The van der Waals surface area contributed by atoms with Gasteiger partial charge in [0.25, 0.3) is 5.91 Å². The third-order valence-electron chi connectivity index (χ3n) is 5.03. The largest absolute Gasteiger partial charge is 0.487 e. The van der Waals surface area contributed by atoms with Gasteiger partial charge in [-0.05, 0) is 49.5 Å². The third kappa shape index (κ3) is 5.53. The van der Waals surface area contributed by atoms with Gasteiger partial charge in [0.05, 0.1) is 11.5 Å². The lowest BCUT2D eigenvalue weighted by Gasteiger charge is -2.35. The van der Waals surface area contributed by atoms with Gasteiger partial charge in [0.15, 0.2) is 10.9 Å². The van der Waals surface area contributed by atoms with E-state index in [1.54, 1.807) is 6.92 Å². The molecule has 0 radical (unpaired) electrons. The van der Waals surface area contributed by atoms with Gasteiger partial charge >= 0.3 is 5.69 Å². The molecule has 3 atom stereocenters. The van der Waals surface area contributed by atoms with Gasteiger partial charge in [0.2, 0.25) is 0 Å². The maximum Gasteiger partial charge on any atom is 0.311 e. The number of carbonyl (C=O) groups excluding carboxylic acids is 1. The molecule has 1 saturated carbocycles. The van der Waals surface area contributed by atoms with E-state index < -0.39 is 10.8 Å². The van der Waals surface area contributed by atoms with Gasteiger partial charge in [-0.1, -0.05) is 26.7 Å². The van der Waals surface area contributed by atoms with Crippen LogP contribution in [0.15, 0.2) is 18.2 Å². The first-order valence-corrected chi connectivity index (χ1v) is 9.52. The molecule has 0 aromatic heterocycles. The Labute approximate surface area is 164 Å². The third-order valence-corrected chi connectivity index (χ3v) is 5.25. The van der Waals surface area contributed by atoms with E-state index >= 15 is 0 Å². The average Bonchev–Trinajstić information content (AvgIpc) is 2.64. The zero-order valence-corrected chi connectivity index (χ0v) is 16.6. The lowest BCUT2D eigenvalue weighted by molar-refractivity contribution is -0.385. The topological polar surface area (TPSA) is 106 Å². The van der Waals surface area contributed by atoms with Gasteiger partial charge in [-0.2, -0.15) is 0 Å². The van der Waals surface area contributed by atoms with Crippen molar-refractivity contribution < 1.29 is 14.5 Å². The molecule has 8 nitrogen and oxygen atoms in total. The van der Waals surface area contributed by atoms with Crippen LogP contribution >= 0.6 is 12.2 Å². The zero-order valence-electron chi connectivity index (χ0n) is 15.8. The molecule has 1 aromatic carbocycles. The van der Waals surface area contributed by atoms with Gasteiger partial charge in [-0.15, -0.1) is 0 Å². The van der Waals surface area contributed by atoms with Crippen molar-refractivity contribution in [2.24, 2.45) is 11.8 Å². The first-order chi connectivity index (χ1) is 12.8. The Morgan fingerprint density at radius 3 is 2.74 bits per heavy atom. The second-order valence-corrected chi connectivity index (χ2v) is 7.21. The minimum atomic E-state index is -0.576. The van der Waals surface area contributed by atoms with E-state index in [4.69, 9.17) is 17.0 Å². The van der Waals surface area contributed by atoms with E-state index in [-0.39, 0.29) is 23.0 Å². The van der Waals surface area contributed by atoms with Crippen molar-refractivity contribution in [3.63, 3.8) is 0 Å². The molecule has 1 aliphatic carbocycles. The standard InChI is InChI=1S/C18H26N4O4S/c1-4-26-16-9-8-13(10-15(16)22(24)25)17(23)20-21-18(27)19-14-7-5-6-11(2)12(14)3/h8-12,14H,4-7H2,1-3H3,(H,20,23)(H2,19,21,27)/t11-,12+,14-/m1/s1. The molecule has 9 heteroatoms. The number of hydrazine groups is 1. The molecule has 27 heavy (non-hydrogen) atoms. The quantitative estimate of drug-likeness (QED) is 0.400. The highest BCUT2D eigenvalue weighted by molar-refractivity contribution is 7.80. The van der Waals surface area contributed by atoms with Crippen molar-refractivity contribution in [1.29, 1.82) is 0 Å². The number of ether oxygens (including phenoxy) is 1. The number of nitro groups is 1. The summed E-state index contributed by atoms with van der Waals surface area (Å²) in [7, 11) is 0. The van der Waals surface area contributed by atoms with Crippen molar-refractivity contribution in [3.05, 3.63) is 33.9 Å². The highest BCUT2D eigenvalue weighted by atomic mass is 32.1. The molecular weight excluding hydrogens is 368 g/mol. The molecule has 1 aromatic rings. The van der Waals surface area contributed by atoms with Crippen LogP contribution in [-0.4, -0.2) is 28.6 Å². The summed E-state index contributed by atoms with van der Waals surface area (Å²) in [5, 5.41) is 14.7. The summed E-state index contributed by atoms with van der Waals surface area (Å²) in [5.74, 6) is 0.723. The Morgan fingerprint density at radius 1 is 1.33 bits per heavy atom. The molecule has 0 bridgehead atoms. The SMILES string of the molecule is CCOc1ccc(C(=O)NNC(=S)N[C@@H]2CCC[C@@H](C)[C@@H]2C)cc1[N+](=O)[O-]. The summed E-state index contributed by atoms with van der Waals surface area (Å²) >= 11 is 5.25. The molecule has 1 amide bonds. The van der Waals surface area contributed by atoms with Crippen LogP contribution in [0, 0.1) is 22.0 Å². The molecule has 0 spiro atoms. The van der Waals surface area contributed by atoms with E-state index in [1.165, 1.54) is 24.6 Å². The van der Waals surface area contributed by atoms with Crippen molar-refractivity contribution in [1.82, 2.24) is 16.2 Å². The number of hydrogen-bond acceptors (Lipinski definition) is 5. The first-order valence-electron chi connectivity index (χ1n) is 9.11. The predicted octanol–water partition coefficient (Wildman–Crippen LogP) is 2.93. The van der Waals surface area contributed by atoms with E-state index in [0.717, 1.165) is 12.8 Å². The van der Waals surface area contributed by atoms with Crippen molar-refractivity contribution >= 4 is 28.9 Å². The van der Waals surface area contributed by atoms with Crippen LogP contribution in [0.1, 0.15) is 50.4 Å². The summed E-state index contributed by atoms with van der Waals surface area (Å²) in [5.41, 5.74) is 5.03. The Balaban J connectivity index is 1.94. The van der Waals surface area contributed by atoms with Gasteiger partial charge < -0.3 is 10.1 Å². The van der Waals surface area contributed by atoms with Gasteiger partial charge in [-0.3, -0.25) is 25.8 Å². The smallest absolute Gasteiger partial charge is 0.311 e. The highest BCUT2D eigenvalue weighted by Crippen LogP contribution is 2.29. The zero-order chi connectivity index (χ0) is 20.0. The van der Waals surface area contributed by atoms with Crippen LogP contribution in [0.4, 0.5) is 5.69 Å². The fourth-order valence-electron chi connectivity index (χ4n) is 3.25. The van der Waals surface area contributed by atoms with E-state index in [1.807, 2.05) is 0 Å². The predicted molar refractivity (Wildman–Crippen MR) is 107 cm³/mol. The first kappa shape index (κ1) is 20.9. The lowest BCUT2D eigenvalue weighted by atomic mass is 9.78. The molecule has 3 N–H and O–H groups in total. The minimum absolute atomic E-state index is 0.129. The maximum atomic E-state index is 12.3. The van der Waals surface area contributed by atoms with Crippen LogP contribution < -0.4 is 20.9 Å². The number of thiocarbonyl (C=S) groups is 1. The number of hydrogen-bond donors (Lipinski definition) is 3. The Kier molecular flexibility index (Phi) is 7.35. The summed E-state index contributed by atoms with van der Waals surface area (Å²) in [6.45, 7) is 6.46. The molecule has 1 fully saturated rings. The number of nitrogens with one attached hydrogen (secondary N) is 3. The van der Waals surface area contributed by atoms with Crippen LogP contribution in [0.25, 0.3) is 0 Å². The molecule has 2 rings (SSSR count). The van der Waals surface area contributed by atoms with Crippen molar-refractivity contribution in [3.8, 4) is 5.75 Å². The van der Waals surface area contributed by atoms with E-state index in [0.29, 0.717) is 23.6 Å². The number of carbonyl (C=O) groups is 1. The Hall–Kier alpha value is -2.42. The molecule has 0 aliphatic heterocycles. The number of amides is 1. The second-order valence-electron chi connectivity index (χ2n) is 6.80. The highest BCUT2D eigenvalue weighted by Gasteiger charge is 2.27. The molecular formula is C18H26N4O4S. The number of rotatable bonds is 5. The van der Waals surface area contributed by atoms with Crippen LogP contribution in [0.3, 0.4) is 0 Å². The maximum absolute atomic E-state index is 12.3. The summed E-state index contributed by atoms with van der Waals surface area (Å²) in [6.07, 6.45) is 3.40. The van der Waals surface area contributed by atoms with E-state index in [2.05, 4.69) is 30.0 Å². The number of nitrogens with zero attached hydrogens (tertiary/aromatic N) is 1. The molecule has 0 unspecified atom stereocenters. The molecule has 0 saturated heterocycles. The minimum Gasteiger partial charge on any atom is -0.487 e. The Bertz CT molecular complexity index is 713. The normalized spacial score (nSPS) is 21.8. The van der Waals surface area contributed by atoms with Crippen LogP contribution in [0.5, 0.6) is 5.75 Å². The fraction of sp³-hybridized carbons (Fsp3) is 0.556. The van der Waals surface area contributed by atoms with Crippen molar-refractivity contribution in [2.45, 2.75) is 46.1 Å². The molecule has 1 aliphatic rings. The van der Waals surface area contributed by atoms with Gasteiger partial charge in [-0.25, -0.2) is 0 Å². The molecule has 148 valence electrons. The van der Waals surface area contributed by atoms with Crippen molar-refractivity contribution in [2.75, 3.05) is 6.61 Å².